The summed E-state index contributed by atoms with van der Waals surface area (Å²) >= 11 is 0. The van der Waals surface area contributed by atoms with E-state index in [4.69, 9.17) is 5.11 Å². The molecule has 1 fully saturated rings. The number of carbonyl (C=O) groups excluding carboxylic acids is 1. The molecule has 0 heterocycles. The minimum atomic E-state index is -3.01. The van der Waals surface area contributed by atoms with Crippen LogP contribution in [0.15, 0.2) is 0 Å². The Hall–Kier alpha value is -0.910. The summed E-state index contributed by atoms with van der Waals surface area (Å²) in [6.45, 7) is 0. The summed E-state index contributed by atoms with van der Waals surface area (Å²) in [5, 5.41) is 8.52. The molecule has 0 amide bonds. The third-order valence-corrected chi connectivity index (χ3v) is 6.01. The lowest BCUT2D eigenvalue weighted by Gasteiger charge is -2.07. The van der Waals surface area contributed by atoms with Gasteiger partial charge in [-0.15, -0.1) is 0 Å². The van der Waals surface area contributed by atoms with Crippen molar-refractivity contribution in [3.05, 3.63) is 31.6 Å². The summed E-state index contributed by atoms with van der Waals surface area (Å²) < 4.78 is 23.8. The molecule has 1 rings (SSSR count). The van der Waals surface area contributed by atoms with E-state index in [2.05, 4.69) is 0 Å². The van der Waals surface area contributed by atoms with Crippen LogP contribution in [-0.4, -0.2) is 36.8 Å². The first kappa shape index (κ1) is 22.1. The Balaban J connectivity index is 1.96. The number of ketones is 1. The van der Waals surface area contributed by atoms with E-state index in [-0.39, 0.29) is 23.7 Å². The molecule has 25 heavy (non-hydrogen) atoms. The molecule has 1 aliphatic rings. The maximum Gasteiger partial charge on any atom is 0.303 e. The van der Waals surface area contributed by atoms with E-state index in [1.165, 1.54) is 0 Å². The molecule has 0 aliphatic heterocycles. The fourth-order valence-corrected chi connectivity index (χ4v) is 4.21. The first-order chi connectivity index (χ1) is 11.9. The number of sulfone groups is 1. The van der Waals surface area contributed by atoms with Crippen LogP contribution in [0.1, 0.15) is 64.2 Å². The Morgan fingerprint density at radius 3 is 1.76 bits per heavy atom. The van der Waals surface area contributed by atoms with E-state index in [0.29, 0.717) is 25.7 Å². The third-order valence-electron chi connectivity index (χ3n) is 4.19. The highest BCUT2D eigenvalue weighted by Crippen LogP contribution is 2.25. The van der Waals surface area contributed by atoms with Crippen molar-refractivity contribution in [3.8, 4) is 0 Å². The molecule has 0 aromatic carbocycles. The van der Waals surface area contributed by atoms with Crippen molar-refractivity contribution in [1.29, 1.82) is 0 Å². The van der Waals surface area contributed by atoms with Crippen molar-refractivity contribution < 1.29 is 23.1 Å². The molecule has 0 unspecified atom stereocenters. The quantitative estimate of drug-likeness (QED) is 0.447. The second-order valence-corrected chi connectivity index (χ2v) is 8.77. The molecule has 0 saturated heterocycles. The largest absolute Gasteiger partial charge is 0.481 e. The summed E-state index contributed by atoms with van der Waals surface area (Å²) in [7, 11) is -3.01. The van der Waals surface area contributed by atoms with Gasteiger partial charge in [-0.1, -0.05) is 25.7 Å². The number of carboxylic acids is 1. The molecule has 5 radical (unpaired) electrons. The molecular formula is C19H29O5S. The molecular weight excluding hydrogens is 340 g/mol. The van der Waals surface area contributed by atoms with Crippen molar-refractivity contribution in [2.24, 2.45) is 0 Å². The van der Waals surface area contributed by atoms with Crippen molar-refractivity contribution in [3.63, 3.8) is 0 Å². The van der Waals surface area contributed by atoms with Crippen LogP contribution in [-0.2, 0) is 19.4 Å². The zero-order valence-electron chi connectivity index (χ0n) is 14.8. The molecule has 0 atom stereocenters. The molecule has 0 aromatic heterocycles. The molecule has 5 nitrogen and oxygen atoms in total. The summed E-state index contributed by atoms with van der Waals surface area (Å²) in [4.78, 5) is 22.2. The van der Waals surface area contributed by atoms with Gasteiger partial charge in [0.2, 0.25) is 0 Å². The minimum Gasteiger partial charge on any atom is -0.481 e. The molecule has 1 aliphatic carbocycles. The molecule has 1 N–H and O–H groups in total. The van der Waals surface area contributed by atoms with Crippen molar-refractivity contribution in [2.75, 3.05) is 11.5 Å². The van der Waals surface area contributed by atoms with E-state index >= 15 is 0 Å². The average molecular weight is 370 g/mol. The summed E-state index contributed by atoms with van der Waals surface area (Å²) in [6.07, 6.45) is 13.9. The topological polar surface area (TPSA) is 88.5 Å². The third kappa shape index (κ3) is 11.3. The first-order valence-corrected chi connectivity index (χ1v) is 10.9. The van der Waals surface area contributed by atoms with Gasteiger partial charge in [-0.25, -0.2) is 8.42 Å². The minimum absolute atomic E-state index is 0.153. The molecule has 141 valence electrons. The van der Waals surface area contributed by atoms with Crippen molar-refractivity contribution in [1.82, 2.24) is 0 Å². The summed E-state index contributed by atoms with van der Waals surface area (Å²) in [5.74, 6) is 0.504. The molecule has 0 spiro atoms. The Bertz CT molecular complexity index is 492. The summed E-state index contributed by atoms with van der Waals surface area (Å²) in [5.41, 5.74) is 0. The predicted molar refractivity (Wildman–Crippen MR) is 97.9 cm³/mol. The normalized spacial score (nSPS) is 15.5. The fourth-order valence-electron chi connectivity index (χ4n) is 2.72. The van der Waals surface area contributed by atoms with E-state index < -0.39 is 15.8 Å². The maximum atomic E-state index is 11.9. The highest BCUT2D eigenvalue weighted by atomic mass is 32.2. The Morgan fingerprint density at radius 2 is 1.24 bits per heavy atom. The predicted octanol–water partition coefficient (Wildman–Crippen LogP) is 3.36. The van der Waals surface area contributed by atoms with Gasteiger partial charge < -0.3 is 5.11 Å². The van der Waals surface area contributed by atoms with Gasteiger partial charge in [0.25, 0.3) is 0 Å². The van der Waals surface area contributed by atoms with Gasteiger partial charge in [-0.2, -0.15) is 0 Å². The van der Waals surface area contributed by atoms with Crippen LogP contribution >= 0.6 is 0 Å². The smallest absolute Gasteiger partial charge is 0.303 e. The number of unbranched alkanes of at least 4 members (excludes halogenated alkanes) is 6. The summed E-state index contributed by atoms with van der Waals surface area (Å²) in [6, 6.07) is 0. The fraction of sp³-hybridized carbons (Fsp3) is 0.632. The molecule has 0 aromatic rings. The monoisotopic (exact) mass is 369 g/mol. The lowest BCUT2D eigenvalue weighted by atomic mass is 9.98. The lowest BCUT2D eigenvalue weighted by molar-refractivity contribution is -0.137. The van der Waals surface area contributed by atoms with Crippen LogP contribution in [0.3, 0.4) is 0 Å². The van der Waals surface area contributed by atoms with Crippen LogP contribution in [0, 0.1) is 31.6 Å². The van der Waals surface area contributed by atoms with E-state index in [9.17, 15) is 18.0 Å². The van der Waals surface area contributed by atoms with Gasteiger partial charge in [-0.3, -0.25) is 9.59 Å². The number of aliphatic carboxylic acids is 1. The van der Waals surface area contributed by atoms with Gasteiger partial charge in [0, 0.05) is 18.8 Å². The molecule has 6 heteroatoms. The standard InChI is InChI=1S/C19H29O5S/c20-18(17-11-7-8-12-17)13-5-1-3-9-15-25(23,24)16-10-4-2-6-14-19(21)22/h7-8,11-12H,1-6,9-10,13-16H2,(H,21,22). The Labute approximate surface area is 152 Å². The second-order valence-electron chi connectivity index (χ2n) is 6.47. The molecule has 1 saturated carbocycles. The van der Waals surface area contributed by atoms with Gasteiger partial charge >= 0.3 is 5.97 Å². The van der Waals surface area contributed by atoms with Crippen LogP contribution in [0.25, 0.3) is 0 Å². The highest BCUT2D eigenvalue weighted by molar-refractivity contribution is 7.91. The van der Waals surface area contributed by atoms with Gasteiger partial charge in [-0.05, 0) is 51.4 Å². The van der Waals surface area contributed by atoms with Crippen LogP contribution in [0.2, 0.25) is 0 Å². The van der Waals surface area contributed by atoms with Gasteiger partial charge in [0.05, 0.1) is 11.5 Å². The SMILES string of the molecule is O=C(O)CCCCCCS(=O)(=O)CCCCCCC(=O)[C]1[CH][CH][CH][CH]1. The Morgan fingerprint density at radius 1 is 0.760 bits per heavy atom. The van der Waals surface area contributed by atoms with Crippen LogP contribution in [0.5, 0.6) is 0 Å². The van der Waals surface area contributed by atoms with Crippen LogP contribution in [0.4, 0.5) is 0 Å². The second kappa shape index (κ2) is 12.4. The number of Topliss-reactive ketones (excluding diaryl/α,β-unsaturated/α-hetero) is 1. The van der Waals surface area contributed by atoms with Gasteiger partial charge in [0.15, 0.2) is 0 Å². The number of hydrogen-bond donors (Lipinski definition) is 1. The number of carboxylic acid groups (broad SMARTS) is 1. The van der Waals surface area contributed by atoms with E-state index in [1.807, 2.05) is 25.7 Å². The zero-order valence-corrected chi connectivity index (χ0v) is 15.6. The van der Waals surface area contributed by atoms with Crippen LogP contribution < -0.4 is 0 Å². The van der Waals surface area contributed by atoms with E-state index in [0.717, 1.165) is 38.0 Å². The maximum absolute atomic E-state index is 11.9. The van der Waals surface area contributed by atoms with Gasteiger partial charge in [0.1, 0.15) is 15.6 Å². The number of carbonyl (C=O) groups is 2. The average Bonchev–Trinajstić information content (AvgIpc) is 3.08. The molecule has 0 bridgehead atoms. The highest BCUT2D eigenvalue weighted by Gasteiger charge is 2.23. The lowest BCUT2D eigenvalue weighted by Crippen LogP contribution is -2.11. The number of rotatable bonds is 15. The Kier molecular flexibility index (Phi) is 11.0. The van der Waals surface area contributed by atoms with E-state index in [1.54, 1.807) is 0 Å². The van der Waals surface area contributed by atoms with Crippen molar-refractivity contribution in [2.45, 2.75) is 64.2 Å². The van der Waals surface area contributed by atoms with Crippen molar-refractivity contribution >= 4 is 21.6 Å². The first-order valence-electron chi connectivity index (χ1n) is 9.08. The zero-order chi connectivity index (χ0) is 18.5. The number of hydrogen-bond acceptors (Lipinski definition) is 4.